The normalized spacial score (nSPS) is 12.0. The Morgan fingerprint density at radius 1 is 1.33 bits per heavy atom. The number of ether oxygens (including phenoxy) is 1. The Hall–Kier alpha value is -2.12. The van der Waals surface area contributed by atoms with Gasteiger partial charge in [-0.25, -0.2) is 0 Å². The number of thiocarbonyl (C=S) groups is 1. The van der Waals surface area contributed by atoms with Crippen LogP contribution >= 0.6 is 12.2 Å². The van der Waals surface area contributed by atoms with E-state index in [0.717, 1.165) is 27.7 Å². The lowest BCUT2D eigenvalue weighted by Crippen LogP contribution is -2.50. The quantitative estimate of drug-likeness (QED) is 0.567. The molecule has 0 aliphatic heterocycles. The zero-order valence-corrected chi connectivity index (χ0v) is 15.2. The Morgan fingerprint density at radius 3 is 2.79 bits per heavy atom. The predicted molar refractivity (Wildman–Crippen MR) is 97.7 cm³/mol. The van der Waals surface area contributed by atoms with Gasteiger partial charge in [0.05, 0.1) is 19.3 Å². The van der Waals surface area contributed by atoms with Gasteiger partial charge in [-0.3, -0.25) is 15.6 Å². The largest absolute Gasteiger partial charge is 0.464 e. The molecule has 0 bridgehead atoms. The van der Waals surface area contributed by atoms with E-state index < -0.39 is 0 Å². The summed E-state index contributed by atoms with van der Waals surface area (Å²) >= 11 is 5.11. The first kappa shape index (κ1) is 18.2. The van der Waals surface area contributed by atoms with Gasteiger partial charge in [-0.1, -0.05) is 12.1 Å². The highest BCUT2D eigenvalue weighted by molar-refractivity contribution is 7.80. The van der Waals surface area contributed by atoms with Crippen LogP contribution in [0.4, 0.5) is 0 Å². The van der Waals surface area contributed by atoms with E-state index in [4.69, 9.17) is 21.4 Å². The van der Waals surface area contributed by atoms with Crippen molar-refractivity contribution in [3.63, 3.8) is 0 Å². The fourth-order valence-electron chi connectivity index (χ4n) is 2.42. The molecule has 2 aromatic rings. The molecule has 0 aliphatic rings. The van der Waals surface area contributed by atoms with Gasteiger partial charge in [-0.05, 0) is 44.1 Å². The van der Waals surface area contributed by atoms with Crippen LogP contribution in [0.2, 0.25) is 0 Å². The van der Waals surface area contributed by atoms with Gasteiger partial charge in [0.1, 0.15) is 5.58 Å². The Balaban J connectivity index is 1.91. The number of amides is 1. The van der Waals surface area contributed by atoms with Crippen LogP contribution in [0.3, 0.4) is 0 Å². The summed E-state index contributed by atoms with van der Waals surface area (Å²) in [5.74, 6) is -0.195. The second-order valence-corrected chi connectivity index (χ2v) is 6.23. The highest BCUT2D eigenvalue weighted by Crippen LogP contribution is 2.26. The van der Waals surface area contributed by atoms with Crippen molar-refractivity contribution in [3.05, 3.63) is 35.1 Å². The zero-order valence-electron chi connectivity index (χ0n) is 14.4. The third-order valence-corrected chi connectivity index (χ3v) is 4.02. The number of hydrogen-bond donors (Lipinski definition) is 3. The molecule has 0 saturated heterocycles. The van der Waals surface area contributed by atoms with Crippen LogP contribution in [0, 0.1) is 13.8 Å². The maximum Gasteiger partial charge on any atom is 0.242 e. The minimum atomic E-state index is -0.195. The van der Waals surface area contributed by atoms with Gasteiger partial charge in [-0.15, -0.1) is 0 Å². The first-order chi connectivity index (χ1) is 11.4. The lowest BCUT2D eigenvalue weighted by Gasteiger charge is -2.16. The molecule has 1 atom stereocenters. The molecule has 2 rings (SSSR count). The average Bonchev–Trinajstić information content (AvgIpc) is 2.93. The van der Waals surface area contributed by atoms with Gasteiger partial charge in [0.2, 0.25) is 5.91 Å². The fraction of sp³-hybridized carbons (Fsp3) is 0.412. The number of nitrogens with one attached hydrogen (secondary N) is 3. The number of benzene rings is 1. The summed E-state index contributed by atoms with van der Waals surface area (Å²) in [6.45, 7) is 6.50. The second-order valence-electron chi connectivity index (χ2n) is 5.82. The molecule has 6 nitrogen and oxygen atoms in total. The van der Waals surface area contributed by atoms with Gasteiger partial charge >= 0.3 is 0 Å². The average molecular weight is 349 g/mol. The van der Waals surface area contributed by atoms with Crippen LogP contribution in [0.1, 0.15) is 23.6 Å². The standard InChI is InChI=1S/C17H23N3O3S/c1-10-5-6-14-13(9-23-16(14)12(10)3)7-15(21)19-20-17(24)18-11(2)8-22-4/h5-6,9,11H,7-8H2,1-4H3,(H,19,21)(H2,18,20,24)/t11-/m0/s1. The third kappa shape index (κ3) is 4.46. The molecule has 0 radical (unpaired) electrons. The molecule has 0 unspecified atom stereocenters. The minimum Gasteiger partial charge on any atom is -0.464 e. The summed E-state index contributed by atoms with van der Waals surface area (Å²) in [5.41, 5.74) is 9.20. The predicted octanol–water partition coefficient (Wildman–Crippen LogP) is 2.12. The van der Waals surface area contributed by atoms with E-state index in [1.165, 1.54) is 0 Å². The first-order valence-corrected chi connectivity index (χ1v) is 8.13. The van der Waals surface area contributed by atoms with Crippen LogP contribution in [0.25, 0.3) is 11.0 Å². The number of fused-ring (bicyclic) bond motifs is 1. The molecular formula is C17H23N3O3S. The third-order valence-electron chi connectivity index (χ3n) is 3.80. The summed E-state index contributed by atoms with van der Waals surface area (Å²) in [5, 5.41) is 4.31. The SMILES string of the molecule is COC[C@H](C)NC(=S)NNC(=O)Cc1coc2c(C)c(C)ccc12. The summed E-state index contributed by atoms with van der Waals surface area (Å²) in [7, 11) is 1.62. The van der Waals surface area contributed by atoms with Gasteiger partial charge in [-0.2, -0.15) is 0 Å². The van der Waals surface area contributed by atoms with Crippen LogP contribution in [-0.4, -0.2) is 30.8 Å². The summed E-state index contributed by atoms with van der Waals surface area (Å²) in [6.07, 6.45) is 1.84. The van der Waals surface area contributed by atoms with Gasteiger partial charge in [0.25, 0.3) is 0 Å². The Morgan fingerprint density at radius 2 is 2.08 bits per heavy atom. The summed E-state index contributed by atoms with van der Waals surface area (Å²) < 4.78 is 10.6. The lowest BCUT2D eigenvalue weighted by atomic mass is 10.0. The van der Waals surface area contributed by atoms with Crippen molar-refractivity contribution in [3.8, 4) is 0 Å². The summed E-state index contributed by atoms with van der Waals surface area (Å²) in [4.78, 5) is 12.1. The molecule has 3 N–H and O–H groups in total. The van der Waals surface area contributed by atoms with Crippen molar-refractivity contribution in [2.45, 2.75) is 33.2 Å². The molecule has 1 heterocycles. The van der Waals surface area contributed by atoms with Crippen molar-refractivity contribution in [1.82, 2.24) is 16.2 Å². The molecule has 1 amide bonds. The molecule has 130 valence electrons. The van der Waals surface area contributed by atoms with Gasteiger partial charge < -0.3 is 14.5 Å². The lowest BCUT2D eigenvalue weighted by molar-refractivity contribution is -0.121. The van der Waals surface area contributed by atoms with Crippen molar-refractivity contribution in [2.24, 2.45) is 0 Å². The number of rotatable bonds is 5. The number of hydrogen-bond acceptors (Lipinski definition) is 4. The molecule has 1 aromatic carbocycles. The molecule has 24 heavy (non-hydrogen) atoms. The molecule has 0 saturated carbocycles. The Bertz CT molecular complexity index is 742. The maximum absolute atomic E-state index is 12.1. The van der Waals surface area contributed by atoms with Gasteiger partial charge in [0, 0.05) is 24.1 Å². The smallest absolute Gasteiger partial charge is 0.242 e. The Kier molecular flexibility index (Phi) is 6.16. The molecule has 7 heteroatoms. The zero-order chi connectivity index (χ0) is 17.7. The summed E-state index contributed by atoms with van der Waals surface area (Å²) in [6, 6.07) is 4.06. The molecule has 1 aromatic heterocycles. The van der Waals surface area contributed by atoms with Crippen LogP contribution in [0.15, 0.2) is 22.8 Å². The van der Waals surface area contributed by atoms with Crippen LogP contribution < -0.4 is 16.2 Å². The van der Waals surface area contributed by atoms with E-state index in [1.54, 1.807) is 13.4 Å². The van der Waals surface area contributed by atoms with E-state index in [0.29, 0.717) is 11.7 Å². The molecular weight excluding hydrogens is 326 g/mol. The minimum absolute atomic E-state index is 0.0518. The first-order valence-electron chi connectivity index (χ1n) is 7.73. The van der Waals surface area contributed by atoms with Gasteiger partial charge in [0.15, 0.2) is 5.11 Å². The second kappa shape index (κ2) is 8.12. The number of carbonyl (C=O) groups excluding carboxylic acids is 1. The fourth-order valence-corrected chi connectivity index (χ4v) is 2.67. The van der Waals surface area contributed by atoms with Crippen LogP contribution in [0.5, 0.6) is 0 Å². The number of hydrazine groups is 1. The molecule has 0 aliphatic carbocycles. The van der Waals surface area contributed by atoms with Crippen molar-refractivity contribution in [2.75, 3.05) is 13.7 Å². The highest BCUT2D eigenvalue weighted by Gasteiger charge is 2.13. The number of aryl methyl sites for hydroxylation is 2. The number of methoxy groups -OCH3 is 1. The maximum atomic E-state index is 12.1. The molecule has 0 spiro atoms. The van der Waals surface area contributed by atoms with E-state index in [9.17, 15) is 4.79 Å². The van der Waals surface area contributed by atoms with E-state index >= 15 is 0 Å². The van der Waals surface area contributed by atoms with E-state index in [-0.39, 0.29) is 18.4 Å². The highest BCUT2D eigenvalue weighted by atomic mass is 32.1. The van der Waals surface area contributed by atoms with Crippen molar-refractivity contribution in [1.29, 1.82) is 0 Å². The number of furan rings is 1. The number of carbonyl (C=O) groups is 1. The molecule has 0 fully saturated rings. The monoisotopic (exact) mass is 349 g/mol. The Labute approximate surface area is 146 Å². The van der Waals surface area contributed by atoms with Crippen LogP contribution in [-0.2, 0) is 16.0 Å². The van der Waals surface area contributed by atoms with E-state index in [2.05, 4.69) is 16.2 Å². The topological polar surface area (TPSA) is 75.5 Å². The van der Waals surface area contributed by atoms with Crippen molar-refractivity contribution < 1.29 is 13.9 Å². The van der Waals surface area contributed by atoms with Crippen molar-refractivity contribution >= 4 is 34.2 Å². The van der Waals surface area contributed by atoms with E-state index in [1.807, 2.05) is 32.9 Å².